The Morgan fingerprint density at radius 1 is 0.970 bits per heavy atom. The second-order valence-electron chi connectivity index (χ2n) is 8.83. The number of H-pyrrole nitrogens is 1. The van der Waals surface area contributed by atoms with Crippen LogP contribution in [0, 0.1) is 0 Å². The maximum absolute atomic E-state index is 13.6. The van der Waals surface area contributed by atoms with Crippen molar-refractivity contribution in [3.05, 3.63) is 78.3 Å². The smallest absolute Gasteiger partial charge is 0.257 e. The topological polar surface area (TPSA) is 92.6 Å². The van der Waals surface area contributed by atoms with Crippen LogP contribution in [0.5, 0.6) is 0 Å². The highest BCUT2D eigenvalue weighted by atomic mass is 16.2. The minimum atomic E-state index is 0.00530. The number of aromatic nitrogens is 6. The molecule has 6 rings (SSSR count). The van der Waals surface area contributed by atoms with Gasteiger partial charge in [0.1, 0.15) is 11.5 Å². The first-order valence-electron chi connectivity index (χ1n) is 11.5. The normalized spacial score (nSPS) is 16.8. The van der Waals surface area contributed by atoms with Gasteiger partial charge in [-0.2, -0.15) is 10.2 Å². The van der Waals surface area contributed by atoms with E-state index < -0.39 is 0 Å². The fraction of sp³-hybridized carbons (Fsp3) is 0.320. The van der Waals surface area contributed by atoms with Gasteiger partial charge >= 0.3 is 0 Å². The van der Waals surface area contributed by atoms with Gasteiger partial charge in [0, 0.05) is 49.1 Å². The summed E-state index contributed by atoms with van der Waals surface area (Å²) < 4.78 is 1.77. The third-order valence-electron chi connectivity index (χ3n) is 6.53. The van der Waals surface area contributed by atoms with Gasteiger partial charge in [-0.05, 0) is 49.9 Å². The second-order valence-corrected chi connectivity index (χ2v) is 8.83. The number of rotatable bonds is 5. The lowest BCUT2D eigenvalue weighted by Gasteiger charge is -2.31. The van der Waals surface area contributed by atoms with E-state index in [2.05, 4.69) is 15.2 Å². The highest BCUT2D eigenvalue weighted by molar-refractivity contribution is 6.00. The zero-order valence-electron chi connectivity index (χ0n) is 18.3. The molecule has 0 bridgehead atoms. The summed E-state index contributed by atoms with van der Waals surface area (Å²) in [7, 11) is 0. The third kappa shape index (κ3) is 3.92. The number of aromatic amines is 1. The summed E-state index contributed by atoms with van der Waals surface area (Å²) in [6.07, 6.45) is 9.45. The van der Waals surface area contributed by atoms with E-state index in [-0.39, 0.29) is 5.91 Å². The summed E-state index contributed by atoms with van der Waals surface area (Å²) in [5.74, 6) is 2.79. The molecule has 8 nitrogen and oxygen atoms in total. The molecule has 1 saturated heterocycles. The van der Waals surface area contributed by atoms with Crippen LogP contribution >= 0.6 is 0 Å². The summed E-state index contributed by atoms with van der Waals surface area (Å²) in [6, 6.07) is 13.7. The molecule has 33 heavy (non-hydrogen) atoms. The van der Waals surface area contributed by atoms with Gasteiger partial charge in [-0.25, -0.2) is 9.67 Å². The Labute approximate surface area is 191 Å². The first-order valence-corrected chi connectivity index (χ1v) is 11.5. The Hall–Kier alpha value is -3.81. The average Bonchev–Trinajstić information content (AvgIpc) is 3.44. The lowest BCUT2D eigenvalue weighted by atomic mass is 9.95. The summed E-state index contributed by atoms with van der Waals surface area (Å²) >= 11 is 0. The lowest BCUT2D eigenvalue weighted by Crippen LogP contribution is -2.38. The van der Waals surface area contributed by atoms with Crippen LogP contribution in [0.4, 0.5) is 0 Å². The molecule has 1 saturated carbocycles. The number of hydrogen-bond acceptors (Lipinski definition) is 5. The molecule has 1 aliphatic heterocycles. The Morgan fingerprint density at radius 3 is 2.52 bits per heavy atom. The molecule has 3 aromatic heterocycles. The largest absolute Gasteiger partial charge is 0.338 e. The highest BCUT2D eigenvalue weighted by Gasteiger charge is 2.32. The van der Waals surface area contributed by atoms with E-state index in [0.717, 1.165) is 35.7 Å². The van der Waals surface area contributed by atoms with Crippen molar-refractivity contribution in [3.63, 3.8) is 0 Å². The maximum atomic E-state index is 13.6. The summed E-state index contributed by atoms with van der Waals surface area (Å²) in [5.41, 5.74) is 3.00. The predicted molar refractivity (Wildman–Crippen MR) is 123 cm³/mol. The van der Waals surface area contributed by atoms with Crippen LogP contribution < -0.4 is 0 Å². The van der Waals surface area contributed by atoms with Crippen molar-refractivity contribution in [2.45, 2.75) is 37.5 Å². The molecule has 0 radical (unpaired) electrons. The zero-order chi connectivity index (χ0) is 22.2. The first-order chi connectivity index (χ1) is 16.3. The minimum absolute atomic E-state index is 0.00530. The second kappa shape index (κ2) is 8.27. The number of para-hydroxylation sites is 1. The SMILES string of the molecule is O=C(c1cn(-c2ccccc2)nc1-c1cccnc1)N1CCC(c2nc(C3CC3)n[nH]2)CC1. The van der Waals surface area contributed by atoms with Crippen molar-refractivity contribution in [3.8, 4) is 16.9 Å². The fourth-order valence-corrected chi connectivity index (χ4v) is 4.48. The zero-order valence-corrected chi connectivity index (χ0v) is 18.3. The number of piperidine rings is 1. The van der Waals surface area contributed by atoms with Crippen molar-refractivity contribution < 1.29 is 4.79 Å². The van der Waals surface area contributed by atoms with Gasteiger partial charge in [0.25, 0.3) is 5.91 Å². The molecule has 1 aliphatic carbocycles. The van der Waals surface area contributed by atoms with Gasteiger partial charge in [0.15, 0.2) is 5.82 Å². The van der Waals surface area contributed by atoms with Gasteiger partial charge in [-0.15, -0.1) is 0 Å². The number of nitrogens with zero attached hydrogens (tertiary/aromatic N) is 6. The van der Waals surface area contributed by atoms with Crippen LogP contribution in [0.3, 0.4) is 0 Å². The summed E-state index contributed by atoms with van der Waals surface area (Å²) in [6.45, 7) is 1.37. The molecular weight excluding hydrogens is 414 g/mol. The van der Waals surface area contributed by atoms with Crippen LogP contribution in [-0.4, -0.2) is 53.8 Å². The van der Waals surface area contributed by atoms with Gasteiger partial charge in [-0.3, -0.25) is 14.9 Å². The molecule has 1 aromatic carbocycles. The van der Waals surface area contributed by atoms with Crippen molar-refractivity contribution in [2.75, 3.05) is 13.1 Å². The lowest BCUT2D eigenvalue weighted by molar-refractivity contribution is 0.0712. The van der Waals surface area contributed by atoms with Gasteiger partial charge in [0.2, 0.25) is 0 Å². The van der Waals surface area contributed by atoms with E-state index >= 15 is 0 Å². The Bertz CT molecular complexity index is 1250. The Balaban J connectivity index is 1.24. The number of amides is 1. The molecule has 4 heterocycles. The van der Waals surface area contributed by atoms with E-state index in [4.69, 9.17) is 10.1 Å². The van der Waals surface area contributed by atoms with Crippen LogP contribution in [0.15, 0.2) is 61.1 Å². The molecule has 2 fully saturated rings. The van der Waals surface area contributed by atoms with E-state index in [0.29, 0.717) is 36.2 Å². The number of carbonyl (C=O) groups excluding carboxylic acids is 1. The highest BCUT2D eigenvalue weighted by Crippen LogP contribution is 2.38. The predicted octanol–water partition coefficient (Wildman–Crippen LogP) is 3.95. The van der Waals surface area contributed by atoms with Crippen LogP contribution in [0.1, 0.15) is 59.5 Å². The van der Waals surface area contributed by atoms with Gasteiger partial charge in [0.05, 0.1) is 11.3 Å². The van der Waals surface area contributed by atoms with Crippen molar-refractivity contribution in [1.29, 1.82) is 0 Å². The molecule has 166 valence electrons. The van der Waals surface area contributed by atoms with E-state index in [1.165, 1.54) is 12.8 Å². The van der Waals surface area contributed by atoms with Crippen LogP contribution in [0.25, 0.3) is 16.9 Å². The Kier molecular flexibility index (Phi) is 4.97. The number of benzene rings is 1. The first kappa shape index (κ1) is 19.8. The summed E-state index contributed by atoms with van der Waals surface area (Å²) in [4.78, 5) is 24.5. The number of pyridine rings is 1. The third-order valence-corrected chi connectivity index (χ3v) is 6.53. The standard InChI is InChI=1S/C25H25N7O/c33-25(31-13-10-18(11-14-31)24-27-23(28-29-24)17-8-9-17)21-16-32(20-6-2-1-3-7-20)30-22(21)19-5-4-12-26-15-19/h1-7,12,15-18H,8-11,13-14H2,(H,27,28,29). The molecule has 2 aliphatic rings. The monoisotopic (exact) mass is 439 g/mol. The van der Waals surface area contributed by atoms with E-state index in [1.807, 2.05) is 53.6 Å². The average molecular weight is 440 g/mol. The molecular formula is C25H25N7O. The molecule has 4 aromatic rings. The molecule has 0 unspecified atom stereocenters. The fourth-order valence-electron chi connectivity index (χ4n) is 4.48. The number of nitrogens with one attached hydrogen (secondary N) is 1. The van der Waals surface area contributed by atoms with Crippen molar-refractivity contribution >= 4 is 5.91 Å². The quantitative estimate of drug-likeness (QED) is 0.508. The summed E-state index contributed by atoms with van der Waals surface area (Å²) in [5, 5.41) is 12.3. The maximum Gasteiger partial charge on any atom is 0.257 e. The van der Waals surface area contributed by atoms with Crippen molar-refractivity contribution in [1.82, 2.24) is 34.8 Å². The molecule has 8 heteroatoms. The molecule has 0 atom stereocenters. The Morgan fingerprint density at radius 2 is 1.79 bits per heavy atom. The van der Waals surface area contributed by atoms with E-state index in [9.17, 15) is 4.79 Å². The molecule has 1 amide bonds. The molecule has 1 N–H and O–H groups in total. The number of carbonyl (C=O) groups is 1. The van der Waals surface area contributed by atoms with Crippen LogP contribution in [0.2, 0.25) is 0 Å². The number of likely N-dealkylation sites (tertiary alicyclic amines) is 1. The van der Waals surface area contributed by atoms with Gasteiger partial charge in [-0.1, -0.05) is 18.2 Å². The minimum Gasteiger partial charge on any atom is -0.338 e. The van der Waals surface area contributed by atoms with Crippen LogP contribution in [-0.2, 0) is 0 Å². The van der Waals surface area contributed by atoms with Gasteiger partial charge < -0.3 is 4.90 Å². The number of hydrogen-bond donors (Lipinski definition) is 1. The van der Waals surface area contributed by atoms with E-state index in [1.54, 1.807) is 17.1 Å². The van der Waals surface area contributed by atoms with Crippen molar-refractivity contribution in [2.24, 2.45) is 0 Å². The molecule has 0 spiro atoms.